The number of aromatic nitrogens is 1. The molecule has 0 radical (unpaired) electrons. The Labute approximate surface area is 91.9 Å². The van der Waals surface area contributed by atoms with Crippen LogP contribution in [0.2, 0.25) is 5.02 Å². The predicted molar refractivity (Wildman–Crippen MR) is 57.0 cm³/mol. The molecule has 64 valence electrons. The van der Waals surface area contributed by atoms with Gasteiger partial charge in [-0.05, 0) is 22.0 Å². The topological polar surface area (TPSA) is 36.7 Å². The van der Waals surface area contributed by atoms with Crippen molar-refractivity contribution >= 4 is 49.1 Å². The zero-order chi connectivity index (χ0) is 9.42. The minimum atomic E-state index is 0.420. The molecular formula is C8H2BrClN2S. The lowest BCUT2D eigenvalue weighted by Crippen LogP contribution is -1.79. The summed E-state index contributed by atoms with van der Waals surface area (Å²) in [5.74, 6) is 0. The molecule has 0 aliphatic rings. The Morgan fingerprint density at radius 3 is 3.08 bits per heavy atom. The fourth-order valence-corrected chi connectivity index (χ4v) is 2.78. The van der Waals surface area contributed by atoms with Crippen LogP contribution in [0.25, 0.3) is 10.2 Å². The first-order chi connectivity index (χ1) is 6.22. The van der Waals surface area contributed by atoms with Gasteiger partial charge in [0.15, 0.2) is 0 Å². The number of hydrogen-bond acceptors (Lipinski definition) is 3. The number of thiophene rings is 1. The minimum Gasteiger partial charge on any atom is -0.254 e. The first-order valence-corrected chi connectivity index (χ1v) is 5.35. The smallest absolute Gasteiger partial charge is 0.102 e. The van der Waals surface area contributed by atoms with Crippen LogP contribution in [0, 0.1) is 11.3 Å². The monoisotopic (exact) mass is 272 g/mol. The maximum Gasteiger partial charge on any atom is 0.102 e. The van der Waals surface area contributed by atoms with Gasteiger partial charge in [0.25, 0.3) is 0 Å². The molecule has 2 aromatic rings. The summed E-state index contributed by atoms with van der Waals surface area (Å²) < 4.78 is 1.82. The number of pyridine rings is 1. The number of fused-ring (bicyclic) bond motifs is 1. The highest BCUT2D eigenvalue weighted by atomic mass is 79.9. The summed E-state index contributed by atoms with van der Waals surface area (Å²) >= 11 is 10.8. The first-order valence-electron chi connectivity index (χ1n) is 3.36. The van der Waals surface area contributed by atoms with Gasteiger partial charge in [0.05, 0.1) is 24.6 Å². The molecule has 0 fully saturated rings. The van der Waals surface area contributed by atoms with Crippen LogP contribution < -0.4 is 0 Å². The predicted octanol–water partition coefficient (Wildman–Crippen LogP) is 3.58. The highest BCUT2D eigenvalue weighted by Crippen LogP contribution is 2.34. The molecule has 0 saturated carbocycles. The van der Waals surface area contributed by atoms with Gasteiger partial charge in [-0.3, -0.25) is 4.98 Å². The molecule has 0 aromatic carbocycles. The molecule has 0 bridgehead atoms. The van der Waals surface area contributed by atoms with Gasteiger partial charge >= 0.3 is 0 Å². The zero-order valence-electron chi connectivity index (χ0n) is 6.21. The number of halogens is 2. The van der Waals surface area contributed by atoms with Crippen LogP contribution in [0.15, 0.2) is 16.0 Å². The van der Waals surface area contributed by atoms with E-state index in [1.54, 1.807) is 0 Å². The third kappa shape index (κ3) is 1.44. The van der Waals surface area contributed by atoms with Crippen molar-refractivity contribution in [2.24, 2.45) is 0 Å². The minimum absolute atomic E-state index is 0.420. The van der Waals surface area contributed by atoms with Crippen LogP contribution in [-0.2, 0) is 0 Å². The third-order valence-electron chi connectivity index (χ3n) is 1.57. The largest absolute Gasteiger partial charge is 0.254 e. The number of nitrogens with zero attached hydrogens (tertiary/aromatic N) is 2. The van der Waals surface area contributed by atoms with E-state index in [4.69, 9.17) is 16.9 Å². The van der Waals surface area contributed by atoms with E-state index in [2.05, 4.69) is 20.9 Å². The molecule has 2 aromatic heterocycles. The summed E-state index contributed by atoms with van der Waals surface area (Å²) in [5, 5.41) is 9.19. The van der Waals surface area contributed by atoms with Crippen LogP contribution in [0.3, 0.4) is 0 Å². The standard InChI is InChI=1S/C8H2BrClN2S/c9-6-1-5-8(13-6)7(10)4(2-11)3-12-5/h1,3H. The summed E-state index contributed by atoms with van der Waals surface area (Å²) in [5.41, 5.74) is 1.24. The van der Waals surface area contributed by atoms with Crippen LogP contribution >= 0.6 is 38.9 Å². The average Bonchev–Trinajstić information content (AvgIpc) is 2.47. The summed E-state index contributed by atoms with van der Waals surface area (Å²) in [6, 6.07) is 3.88. The van der Waals surface area contributed by atoms with Crippen molar-refractivity contribution in [3.8, 4) is 6.07 Å². The van der Waals surface area contributed by atoms with E-state index in [9.17, 15) is 0 Å². The zero-order valence-corrected chi connectivity index (χ0v) is 9.37. The third-order valence-corrected chi connectivity index (χ3v) is 3.72. The molecule has 0 spiro atoms. The Hall–Kier alpha value is -0.630. The highest BCUT2D eigenvalue weighted by molar-refractivity contribution is 9.11. The van der Waals surface area contributed by atoms with Crippen LogP contribution in [-0.4, -0.2) is 4.98 Å². The molecular weight excluding hydrogens is 272 g/mol. The number of hydrogen-bond donors (Lipinski definition) is 0. The fraction of sp³-hybridized carbons (Fsp3) is 0. The Morgan fingerprint density at radius 1 is 1.62 bits per heavy atom. The van der Waals surface area contributed by atoms with Gasteiger partial charge < -0.3 is 0 Å². The van der Waals surface area contributed by atoms with Gasteiger partial charge in [-0.25, -0.2) is 0 Å². The summed E-state index contributed by atoms with van der Waals surface area (Å²) in [7, 11) is 0. The van der Waals surface area contributed by atoms with Crippen molar-refractivity contribution < 1.29 is 0 Å². The molecule has 0 N–H and O–H groups in total. The molecule has 2 nitrogen and oxygen atoms in total. The first kappa shape index (κ1) is 8.95. The van der Waals surface area contributed by atoms with Gasteiger partial charge in [0.1, 0.15) is 6.07 Å². The lowest BCUT2D eigenvalue weighted by Gasteiger charge is -1.93. The molecule has 2 heterocycles. The van der Waals surface area contributed by atoms with Gasteiger partial charge in [0, 0.05) is 6.20 Å². The molecule has 0 atom stereocenters. The van der Waals surface area contributed by atoms with Crippen LogP contribution in [0.4, 0.5) is 0 Å². The summed E-state index contributed by atoms with van der Waals surface area (Å²) in [6.07, 6.45) is 1.49. The molecule has 0 aliphatic carbocycles. The molecule has 2 rings (SSSR count). The van der Waals surface area contributed by atoms with Gasteiger partial charge in [-0.1, -0.05) is 11.6 Å². The second kappa shape index (κ2) is 3.26. The molecule has 13 heavy (non-hydrogen) atoms. The van der Waals surface area contributed by atoms with E-state index in [1.807, 2.05) is 12.1 Å². The molecule has 0 amide bonds. The Balaban J connectivity index is 2.87. The maximum absolute atomic E-state index is 8.70. The fourth-order valence-electron chi connectivity index (χ4n) is 0.996. The Kier molecular flexibility index (Phi) is 2.24. The van der Waals surface area contributed by atoms with Crippen LogP contribution in [0.1, 0.15) is 5.56 Å². The van der Waals surface area contributed by atoms with Crippen molar-refractivity contribution in [3.05, 3.63) is 26.6 Å². The van der Waals surface area contributed by atoms with Gasteiger partial charge in [-0.2, -0.15) is 5.26 Å². The van der Waals surface area contributed by atoms with E-state index in [0.717, 1.165) is 14.0 Å². The van der Waals surface area contributed by atoms with E-state index in [-0.39, 0.29) is 0 Å². The van der Waals surface area contributed by atoms with Crippen molar-refractivity contribution in [2.75, 3.05) is 0 Å². The highest BCUT2D eigenvalue weighted by Gasteiger charge is 2.08. The van der Waals surface area contributed by atoms with Crippen molar-refractivity contribution in [3.63, 3.8) is 0 Å². The van der Waals surface area contributed by atoms with Crippen molar-refractivity contribution in [2.45, 2.75) is 0 Å². The van der Waals surface area contributed by atoms with Gasteiger partial charge in [0.2, 0.25) is 0 Å². The molecule has 0 aliphatic heterocycles. The van der Waals surface area contributed by atoms with E-state index < -0.39 is 0 Å². The van der Waals surface area contributed by atoms with E-state index in [1.165, 1.54) is 17.5 Å². The number of nitriles is 1. The summed E-state index contributed by atoms with van der Waals surface area (Å²) in [6.45, 7) is 0. The molecule has 5 heteroatoms. The van der Waals surface area contributed by atoms with Crippen molar-refractivity contribution in [1.82, 2.24) is 4.98 Å². The quantitative estimate of drug-likeness (QED) is 0.735. The maximum atomic E-state index is 8.70. The lowest BCUT2D eigenvalue weighted by molar-refractivity contribution is 1.38. The van der Waals surface area contributed by atoms with Crippen molar-refractivity contribution in [1.29, 1.82) is 5.26 Å². The second-order valence-electron chi connectivity index (χ2n) is 2.36. The normalized spacial score (nSPS) is 10.2. The van der Waals surface area contributed by atoms with Crippen LogP contribution in [0.5, 0.6) is 0 Å². The molecule has 0 saturated heterocycles. The van der Waals surface area contributed by atoms with Gasteiger partial charge in [-0.15, -0.1) is 11.3 Å². The average molecular weight is 274 g/mol. The second-order valence-corrected chi connectivity index (χ2v) is 5.17. The lowest BCUT2D eigenvalue weighted by atomic mass is 10.3. The summed E-state index contributed by atoms with van der Waals surface area (Å²) in [4.78, 5) is 4.11. The van der Waals surface area contributed by atoms with E-state index >= 15 is 0 Å². The molecule has 0 unspecified atom stereocenters. The Bertz CT molecular complexity index is 515. The SMILES string of the molecule is N#Cc1cnc2cc(Br)sc2c1Cl. The van der Waals surface area contributed by atoms with E-state index in [0.29, 0.717) is 10.6 Å². The number of rotatable bonds is 0. The Morgan fingerprint density at radius 2 is 2.38 bits per heavy atom.